The molecule has 7 aromatic carbocycles. The maximum atomic E-state index is 6.98. The minimum absolute atomic E-state index is 0.194. The fourth-order valence-electron chi connectivity index (χ4n) is 7.74. The molecule has 7 nitrogen and oxygen atoms in total. The van der Waals surface area contributed by atoms with E-state index in [1.54, 1.807) is 0 Å². The van der Waals surface area contributed by atoms with Crippen molar-refractivity contribution in [3.63, 3.8) is 0 Å². The maximum absolute atomic E-state index is 6.98. The maximum Gasteiger partial charge on any atom is 0.167 e. The van der Waals surface area contributed by atoms with Crippen LogP contribution in [0.1, 0.15) is 11.7 Å². The Bertz CT molecular complexity index is 3010. The van der Waals surface area contributed by atoms with Gasteiger partial charge in [-0.2, -0.15) is 0 Å². The number of benzene rings is 7. The minimum atomic E-state index is -0.194. The van der Waals surface area contributed by atoms with E-state index in [-0.39, 0.29) is 6.17 Å². The van der Waals surface area contributed by atoms with Crippen LogP contribution in [-0.4, -0.2) is 15.0 Å². The number of hydrogen-bond acceptors (Lipinski definition) is 7. The highest BCUT2D eigenvalue weighted by atomic mass is 16.3. The molecule has 3 aromatic heterocycles. The Morgan fingerprint density at radius 1 is 0.453 bits per heavy atom. The molecule has 53 heavy (non-hydrogen) atoms. The largest absolute Gasteiger partial charge is 0.455 e. The third-order valence-corrected chi connectivity index (χ3v) is 10.2. The van der Waals surface area contributed by atoms with Crippen molar-refractivity contribution in [1.82, 2.24) is 15.0 Å². The quantitative estimate of drug-likeness (QED) is 0.193. The zero-order valence-electron chi connectivity index (χ0n) is 28.3. The third kappa shape index (κ3) is 4.64. The van der Waals surface area contributed by atoms with Gasteiger partial charge in [0.15, 0.2) is 17.5 Å². The second kappa shape index (κ2) is 11.6. The number of hydrogen-bond donors (Lipinski definition) is 1. The zero-order valence-corrected chi connectivity index (χ0v) is 28.3. The van der Waals surface area contributed by atoms with Gasteiger partial charge in [-0.15, -0.1) is 0 Å². The molecule has 1 N–H and O–H groups in total. The molecule has 0 fully saturated rings. The van der Waals surface area contributed by atoms with Crippen molar-refractivity contribution >= 4 is 60.9 Å². The smallest absolute Gasteiger partial charge is 0.167 e. The molecular weight excluding hydrogens is 655 g/mol. The van der Waals surface area contributed by atoms with Crippen LogP contribution >= 0.6 is 0 Å². The highest BCUT2D eigenvalue weighted by Gasteiger charge is 2.33. The first-order valence-corrected chi connectivity index (χ1v) is 17.6. The first-order chi connectivity index (χ1) is 26.3. The molecule has 0 radical (unpaired) electrons. The molecule has 0 bridgehead atoms. The van der Waals surface area contributed by atoms with Crippen molar-refractivity contribution in [2.45, 2.75) is 6.17 Å². The molecule has 1 aliphatic rings. The molecule has 0 spiro atoms. The summed E-state index contributed by atoms with van der Waals surface area (Å²) in [5.41, 5.74) is 9.87. The van der Waals surface area contributed by atoms with Gasteiger partial charge in [-0.05, 0) is 42.5 Å². The van der Waals surface area contributed by atoms with Gasteiger partial charge in [-0.3, -0.25) is 0 Å². The summed E-state index contributed by atoms with van der Waals surface area (Å²) in [6.45, 7) is 0. The average Bonchev–Trinajstić information content (AvgIpc) is 3.93. The van der Waals surface area contributed by atoms with Crippen molar-refractivity contribution in [2.24, 2.45) is 0 Å². The van der Waals surface area contributed by atoms with Crippen LogP contribution in [0, 0.1) is 0 Å². The van der Waals surface area contributed by atoms with Crippen LogP contribution in [0.5, 0.6) is 0 Å². The second-order valence-corrected chi connectivity index (χ2v) is 13.2. The van der Waals surface area contributed by atoms with Crippen molar-refractivity contribution in [3.05, 3.63) is 169 Å². The molecule has 0 aliphatic carbocycles. The Kier molecular flexibility index (Phi) is 6.48. The van der Waals surface area contributed by atoms with E-state index >= 15 is 0 Å². The van der Waals surface area contributed by atoms with Gasteiger partial charge < -0.3 is 19.1 Å². The van der Waals surface area contributed by atoms with E-state index in [0.717, 1.165) is 83.2 Å². The first-order valence-electron chi connectivity index (χ1n) is 17.6. The molecule has 11 rings (SSSR count). The second-order valence-electron chi connectivity index (χ2n) is 13.2. The monoisotopic (exact) mass is 683 g/mol. The van der Waals surface area contributed by atoms with Gasteiger partial charge in [0.2, 0.25) is 0 Å². The number of nitrogens with zero attached hydrogens (tertiary/aromatic N) is 4. The van der Waals surface area contributed by atoms with Gasteiger partial charge >= 0.3 is 0 Å². The van der Waals surface area contributed by atoms with Crippen molar-refractivity contribution in [3.8, 4) is 34.2 Å². The normalized spacial score (nSPS) is 14.0. The van der Waals surface area contributed by atoms with E-state index in [4.69, 9.17) is 23.8 Å². The SMILES string of the molecule is c1ccc(-c2nc(-c3cccc4c3oc3ccccc34)nc(-c3cccc4c3oc3c(C5Nc6ccccc6N5c5ccccc5)cccc34)n2)cc1. The molecule has 1 aliphatic heterocycles. The van der Waals surface area contributed by atoms with Crippen LogP contribution in [0.15, 0.2) is 173 Å². The number of furan rings is 2. The standard InChI is InChI=1S/C46H29N5O2/c1-3-14-28(15-4-1)43-48-44(34-22-11-19-31-30-18-7-10-27-39(30)52-40(31)34)50-45(49-43)35-23-12-20-32-33-21-13-24-36(42(33)53-41(32)35)46-47-37-25-8-9-26-38(37)51(46)29-16-5-2-6-17-29/h1-27,46-47H. The van der Waals surface area contributed by atoms with Crippen LogP contribution < -0.4 is 10.2 Å². The Morgan fingerprint density at radius 3 is 1.79 bits per heavy atom. The van der Waals surface area contributed by atoms with Gasteiger partial charge in [0.25, 0.3) is 0 Å². The van der Waals surface area contributed by atoms with E-state index in [9.17, 15) is 0 Å². The summed E-state index contributed by atoms with van der Waals surface area (Å²) in [5, 5.41) is 7.86. The lowest BCUT2D eigenvalue weighted by atomic mass is 10.0. The van der Waals surface area contributed by atoms with Crippen LogP contribution in [0.4, 0.5) is 17.1 Å². The molecule has 0 saturated carbocycles. The lowest BCUT2D eigenvalue weighted by molar-refractivity contribution is 0.656. The van der Waals surface area contributed by atoms with Crippen molar-refractivity contribution in [2.75, 3.05) is 10.2 Å². The Morgan fingerprint density at radius 2 is 1.02 bits per heavy atom. The lowest BCUT2D eigenvalue weighted by Crippen LogP contribution is -2.23. The summed E-state index contributed by atoms with van der Waals surface area (Å²) < 4.78 is 13.4. The third-order valence-electron chi connectivity index (χ3n) is 10.2. The summed E-state index contributed by atoms with van der Waals surface area (Å²) in [5.74, 6) is 1.61. The van der Waals surface area contributed by atoms with E-state index in [2.05, 4.69) is 95.1 Å². The minimum Gasteiger partial charge on any atom is -0.455 e. The fraction of sp³-hybridized carbons (Fsp3) is 0.0217. The zero-order chi connectivity index (χ0) is 34.9. The van der Waals surface area contributed by atoms with Crippen LogP contribution in [0.25, 0.3) is 78.0 Å². The summed E-state index contributed by atoms with van der Waals surface area (Å²) in [6.07, 6.45) is -0.194. The predicted octanol–water partition coefficient (Wildman–Crippen LogP) is 11.9. The Balaban J connectivity index is 1.12. The lowest BCUT2D eigenvalue weighted by Gasteiger charge is -2.27. The molecular formula is C46H29N5O2. The number of aromatic nitrogens is 3. The summed E-state index contributed by atoms with van der Waals surface area (Å²) in [4.78, 5) is 17.6. The van der Waals surface area contributed by atoms with E-state index in [1.165, 1.54) is 0 Å². The Labute approximate surface area is 303 Å². The molecule has 1 unspecified atom stereocenters. The van der Waals surface area contributed by atoms with E-state index < -0.39 is 0 Å². The van der Waals surface area contributed by atoms with Gasteiger partial charge in [0, 0.05) is 38.4 Å². The molecule has 1 atom stereocenters. The fourth-order valence-corrected chi connectivity index (χ4v) is 7.74. The number of fused-ring (bicyclic) bond motifs is 7. The number of nitrogens with one attached hydrogen (secondary N) is 1. The molecule has 250 valence electrons. The van der Waals surface area contributed by atoms with Gasteiger partial charge in [0.05, 0.1) is 22.5 Å². The average molecular weight is 684 g/mol. The summed E-state index contributed by atoms with van der Waals surface area (Å²) >= 11 is 0. The summed E-state index contributed by atoms with van der Waals surface area (Å²) in [6, 6.07) is 55.7. The molecule has 4 heterocycles. The van der Waals surface area contributed by atoms with Crippen molar-refractivity contribution < 1.29 is 8.83 Å². The van der Waals surface area contributed by atoms with E-state index in [1.807, 2.05) is 78.9 Å². The number of anilines is 3. The highest BCUT2D eigenvalue weighted by Crippen LogP contribution is 2.48. The van der Waals surface area contributed by atoms with Crippen LogP contribution in [-0.2, 0) is 0 Å². The number of para-hydroxylation sites is 7. The van der Waals surface area contributed by atoms with Gasteiger partial charge in [-0.1, -0.05) is 121 Å². The Hall–Kier alpha value is -7.25. The molecule has 7 heteroatoms. The summed E-state index contributed by atoms with van der Waals surface area (Å²) in [7, 11) is 0. The van der Waals surface area contributed by atoms with Gasteiger partial charge in [0.1, 0.15) is 28.5 Å². The van der Waals surface area contributed by atoms with E-state index in [0.29, 0.717) is 17.5 Å². The predicted molar refractivity (Wildman–Crippen MR) is 212 cm³/mol. The first kappa shape index (κ1) is 29.5. The number of rotatable bonds is 5. The van der Waals surface area contributed by atoms with Crippen LogP contribution in [0.3, 0.4) is 0 Å². The van der Waals surface area contributed by atoms with Crippen molar-refractivity contribution in [1.29, 1.82) is 0 Å². The topological polar surface area (TPSA) is 80.2 Å². The molecule has 10 aromatic rings. The van der Waals surface area contributed by atoms with Crippen LogP contribution in [0.2, 0.25) is 0 Å². The van der Waals surface area contributed by atoms with Gasteiger partial charge in [-0.25, -0.2) is 15.0 Å². The molecule has 0 amide bonds. The molecule has 0 saturated heterocycles. The highest BCUT2D eigenvalue weighted by molar-refractivity contribution is 6.11.